The topological polar surface area (TPSA) is 68.5 Å². The Morgan fingerprint density at radius 1 is 1.11 bits per heavy atom. The minimum Gasteiger partial charge on any atom is -0.496 e. The first-order chi connectivity index (χ1) is 13.4. The number of methoxy groups -OCH3 is 1. The van der Waals surface area contributed by atoms with Gasteiger partial charge in [0.1, 0.15) is 12.3 Å². The van der Waals surface area contributed by atoms with Crippen molar-refractivity contribution in [2.45, 2.75) is 12.6 Å². The second-order valence-electron chi connectivity index (χ2n) is 6.94. The Balaban J connectivity index is 1.76. The summed E-state index contributed by atoms with van der Waals surface area (Å²) in [5.41, 5.74) is 2.35. The molecule has 0 aliphatic heterocycles. The van der Waals surface area contributed by atoms with Crippen molar-refractivity contribution < 1.29 is 9.53 Å². The number of ether oxygens (including phenoxy) is 1. The third-order valence-electron chi connectivity index (χ3n) is 4.97. The fraction of sp³-hybridized carbons (Fsp3) is 0.333. The van der Waals surface area contributed by atoms with Gasteiger partial charge >= 0.3 is 5.69 Å². The molecule has 0 radical (unpaired) electrons. The number of amides is 1. The van der Waals surface area contributed by atoms with Crippen LogP contribution >= 0.6 is 0 Å². The molecule has 0 saturated carbocycles. The zero-order chi connectivity index (χ0) is 20.3. The molecule has 1 unspecified atom stereocenters. The third kappa shape index (κ3) is 3.80. The number of fused-ring (bicyclic) bond motifs is 1. The van der Waals surface area contributed by atoms with E-state index in [1.807, 2.05) is 67.5 Å². The second kappa shape index (κ2) is 8.31. The maximum absolute atomic E-state index is 12.6. The number of benzene rings is 2. The summed E-state index contributed by atoms with van der Waals surface area (Å²) in [6.07, 6.45) is 0. The number of nitrogens with one attached hydrogen (secondary N) is 1. The summed E-state index contributed by atoms with van der Waals surface area (Å²) in [5.74, 6) is 0.570. The van der Waals surface area contributed by atoms with Crippen LogP contribution in [-0.2, 0) is 18.4 Å². The Bertz CT molecular complexity index is 1040. The number of para-hydroxylation sites is 3. The molecule has 148 valence electrons. The summed E-state index contributed by atoms with van der Waals surface area (Å²) in [5, 5.41) is 2.96. The van der Waals surface area contributed by atoms with Gasteiger partial charge in [-0.1, -0.05) is 30.3 Å². The summed E-state index contributed by atoms with van der Waals surface area (Å²) in [7, 11) is 7.26. The average Bonchev–Trinajstić information content (AvgIpc) is 2.93. The SMILES string of the molecule is COc1ccccc1C(CNC(=O)Cn1c(=O)n(C)c2ccccc21)N(C)C. The van der Waals surface area contributed by atoms with Gasteiger partial charge in [-0.2, -0.15) is 0 Å². The van der Waals surface area contributed by atoms with Crippen LogP contribution in [0.15, 0.2) is 53.3 Å². The van der Waals surface area contributed by atoms with Gasteiger partial charge in [-0.15, -0.1) is 0 Å². The second-order valence-corrected chi connectivity index (χ2v) is 6.94. The highest BCUT2D eigenvalue weighted by Gasteiger charge is 2.20. The van der Waals surface area contributed by atoms with Gasteiger partial charge in [-0.25, -0.2) is 4.79 Å². The van der Waals surface area contributed by atoms with E-state index >= 15 is 0 Å². The lowest BCUT2D eigenvalue weighted by atomic mass is 10.0. The van der Waals surface area contributed by atoms with Crippen molar-refractivity contribution in [3.8, 4) is 5.75 Å². The van der Waals surface area contributed by atoms with Crippen molar-refractivity contribution in [1.29, 1.82) is 0 Å². The first-order valence-electron chi connectivity index (χ1n) is 9.14. The monoisotopic (exact) mass is 382 g/mol. The van der Waals surface area contributed by atoms with Gasteiger partial charge in [0.25, 0.3) is 0 Å². The van der Waals surface area contributed by atoms with Crippen molar-refractivity contribution in [1.82, 2.24) is 19.4 Å². The maximum Gasteiger partial charge on any atom is 0.329 e. The minimum atomic E-state index is -0.208. The smallest absolute Gasteiger partial charge is 0.329 e. The number of rotatable bonds is 7. The minimum absolute atomic E-state index is 0.0216. The molecule has 1 amide bonds. The predicted molar refractivity (Wildman–Crippen MR) is 110 cm³/mol. The summed E-state index contributed by atoms with van der Waals surface area (Å²) in [6.45, 7) is 0.387. The zero-order valence-corrected chi connectivity index (χ0v) is 16.7. The number of likely N-dealkylation sites (N-methyl/N-ethyl adjacent to an activating group) is 1. The Kier molecular flexibility index (Phi) is 5.84. The van der Waals surface area contributed by atoms with E-state index in [-0.39, 0.29) is 24.2 Å². The molecule has 0 fully saturated rings. The molecule has 1 N–H and O–H groups in total. The molecular weight excluding hydrogens is 356 g/mol. The highest BCUT2D eigenvalue weighted by molar-refractivity contribution is 5.80. The molecule has 1 atom stereocenters. The van der Waals surface area contributed by atoms with E-state index in [4.69, 9.17) is 4.74 Å². The lowest BCUT2D eigenvalue weighted by Crippen LogP contribution is -2.38. The van der Waals surface area contributed by atoms with Crippen molar-refractivity contribution in [3.05, 3.63) is 64.6 Å². The lowest BCUT2D eigenvalue weighted by molar-refractivity contribution is -0.121. The predicted octanol–water partition coefficient (Wildman–Crippen LogP) is 1.77. The van der Waals surface area contributed by atoms with E-state index in [9.17, 15) is 9.59 Å². The number of imidazole rings is 1. The van der Waals surface area contributed by atoms with Crippen LogP contribution in [0.3, 0.4) is 0 Å². The number of hydrogen-bond acceptors (Lipinski definition) is 4. The highest BCUT2D eigenvalue weighted by atomic mass is 16.5. The van der Waals surface area contributed by atoms with Crippen LogP contribution in [0, 0.1) is 0 Å². The number of nitrogens with zero attached hydrogens (tertiary/aromatic N) is 3. The lowest BCUT2D eigenvalue weighted by Gasteiger charge is -2.26. The first kappa shape index (κ1) is 19.7. The Morgan fingerprint density at radius 3 is 2.43 bits per heavy atom. The maximum atomic E-state index is 12.6. The fourth-order valence-corrected chi connectivity index (χ4v) is 3.44. The standard InChI is InChI=1S/C21H26N4O3/c1-23(2)18(15-9-5-8-12-19(15)28-4)13-22-20(26)14-25-17-11-7-6-10-16(17)24(3)21(25)27/h5-12,18H,13-14H2,1-4H3,(H,22,26). The highest BCUT2D eigenvalue weighted by Crippen LogP contribution is 2.27. The van der Waals surface area contributed by atoms with Crippen LogP contribution in [-0.4, -0.2) is 47.7 Å². The van der Waals surface area contributed by atoms with Gasteiger partial charge in [-0.3, -0.25) is 13.9 Å². The molecule has 0 spiro atoms. The molecule has 0 bridgehead atoms. The van der Waals surface area contributed by atoms with Crippen LogP contribution in [0.1, 0.15) is 11.6 Å². The number of aryl methyl sites for hydroxylation is 1. The molecule has 3 aromatic rings. The zero-order valence-electron chi connectivity index (χ0n) is 16.7. The quantitative estimate of drug-likeness (QED) is 0.676. The van der Waals surface area contributed by atoms with Crippen LogP contribution in [0.2, 0.25) is 0 Å². The van der Waals surface area contributed by atoms with Gasteiger partial charge in [-0.05, 0) is 32.3 Å². The largest absolute Gasteiger partial charge is 0.496 e. The van der Waals surface area contributed by atoms with Crippen molar-refractivity contribution in [2.24, 2.45) is 7.05 Å². The molecule has 7 nitrogen and oxygen atoms in total. The van der Waals surface area contributed by atoms with Gasteiger partial charge in [0, 0.05) is 19.2 Å². The van der Waals surface area contributed by atoms with Gasteiger partial charge in [0.2, 0.25) is 5.91 Å². The van der Waals surface area contributed by atoms with E-state index in [1.54, 1.807) is 18.7 Å². The van der Waals surface area contributed by atoms with Gasteiger partial charge in [0.05, 0.1) is 24.2 Å². The first-order valence-corrected chi connectivity index (χ1v) is 9.14. The number of aromatic nitrogens is 2. The van der Waals surface area contributed by atoms with Crippen molar-refractivity contribution >= 4 is 16.9 Å². The third-order valence-corrected chi connectivity index (χ3v) is 4.97. The van der Waals surface area contributed by atoms with Crippen LogP contribution in [0.5, 0.6) is 5.75 Å². The summed E-state index contributed by atoms with van der Waals surface area (Å²) >= 11 is 0. The summed E-state index contributed by atoms with van der Waals surface area (Å²) in [4.78, 5) is 27.1. The molecule has 3 rings (SSSR count). The average molecular weight is 382 g/mol. The molecule has 0 aliphatic carbocycles. The molecule has 1 heterocycles. The Morgan fingerprint density at radius 2 is 1.75 bits per heavy atom. The molecule has 7 heteroatoms. The van der Waals surface area contributed by atoms with E-state index in [0.717, 1.165) is 22.3 Å². The van der Waals surface area contributed by atoms with Crippen molar-refractivity contribution in [2.75, 3.05) is 27.7 Å². The van der Waals surface area contributed by atoms with Crippen LogP contribution < -0.4 is 15.7 Å². The molecule has 1 aromatic heterocycles. The molecular formula is C21H26N4O3. The van der Waals surface area contributed by atoms with Crippen LogP contribution in [0.4, 0.5) is 0 Å². The normalized spacial score (nSPS) is 12.3. The Hall–Kier alpha value is -3.06. The fourth-order valence-electron chi connectivity index (χ4n) is 3.44. The Labute approximate surface area is 164 Å². The van der Waals surface area contributed by atoms with E-state index < -0.39 is 0 Å². The summed E-state index contributed by atoms with van der Waals surface area (Å²) in [6, 6.07) is 15.2. The van der Waals surface area contributed by atoms with Gasteiger partial charge in [0.15, 0.2) is 0 Å². The van der Waals surface area contributed by atoms with E-state index in [1.165, 1.54) is 4.57 Å². The van der Waals surface area contributed by atoms with Crippen LogP contribution in [0.25, 0.3) is 11.0 Å². The molecule has 28 heavy (non-hydrogen) atoms. The van der Waals surface area contributed by atoms with Crippen molar-refractivity contribution in [3.63, 3.8) is 0 Å². The number of carbonyl (C=O) groups excluding carboxylic acids is 1. The number of hydrogen-bond donors (Lipinski definition) is 1. The van der Waals surface area contributed by atoms with Gasteiger partial charge < -0.3 is 15.0 Å². The summed E-state index contributed by atoms with van der Waals surface area (Å²) < 4.78 is 8.51. The molecule has 0 aliphatic rings. The molecule has 2 aromatic carbocycles. The van der Waals surface area contributed by atoms with E-state index in [0.29, 0.717) is 6.54 Å². The van der Waals surface area contributed by atoms with E-state index in [2.05, 4.69) is 5.32 Å². The number of carbonyl (C=O) groups is 1. The molecule has 0 saturated heterocycles.